The maximum atomic E-state index is 11.7. The molecule has 1 saturated heterocycles. The number of halogens is 1. The average Bonchev–Trinajstić information content (AvgIpc) is 2.73. The van der Waals surface area contributed by atoms with E-state index in [1.54, 1.807) is 11.3 Å². The number of benzene rings is 1. The van der Waals surface area contributed by atoms with Gasteiger partial charge in [0.1, 0.15) is 0 Å². The largest absolute Gasteiger partial charge is 0.353 e. The van der Waals surface area contributed by atoms with Crippen LogP contribution < -0.4 is 10.6 Å². The molecule has 0 saturated carbocycles. The van der Waals surface area contributed by atoms with E-state index in [0.29, 0.717) is 13.0 Å². The predicted molar refractivity (Wildman–Crippen MR) is 75.8 cm³/mol. The predicted octanol–water partition coefficient (Wildman–Crippen LogP) is 1.69. The summed E-state index contributed by atoms with van der Waals surface area (Å²) >= 11 is 5.10. The summed E-state index contributed by atoms with van der Waals surface area (Å²) in [7, 11) is 0. The van der Waals surface area contributed by atoms with Crippen LogP contribution in [0.4, 0.5) is 0 Å². The molecule has 0 bridgehead atoms. The molecular formula is C12H12BrN3OS. The molecule has 18 heavy (non-hydrogen) atoms. The van der Waals surface area contributed by atoms with Gasteiger partial charge < -0.3 is 10.6 Å². The number of fused-ring (bicyclic) bond motifs is 1. The minimum absolute atomic E-state index is 0.0710. The molecule has 0 aliphatic carbocycles. The van der Waals surface area contributed by atoms with Crippen LogP contribution in [0, 0.1) is 0 Å². The third-order valence-electron chi connectivity index (χ3n) is 2.90. The SMILES string of the molecule is O=C1NCCNC1Cc1nc2ccc(Br)cc2s1. The summed E-state index contributed by atoms with van der Waals surface area (Å²) in [5.41, 5.74) is 0.995. The topological polar surface area (TPSA) is 54.0 Å². The zero-order valence-corrected chi connectivity index (χ0v) is 12.0. The van der Waals surface area contributed by atoms with E-state index in [1.807, 2.05) is 12.1 Å². The lowest BCUT2D eigenvalue weighted by Gasteiger charge is -2.22. The fourth-order valence-corrected chi connectivity index (χ4v) is 3.59. The fraction of sp³-hybridized carbons (Fsp3) is 0.333. The maximum Gasteiger partial charge on any atom is 0.237 e. The Morgan fingerprint density at radius 2 is 2.33 bits per heavy atom. The summed E-state index contributed by atoms with van der Waals surface area (Å²) < 4.78 is 2.20. The van der Waals surface area contributed by atoms with Gasteiger partial charge in [-0.3, -0.25) is 4.79 Å². The second kappa shape index (κ2) is 4.95. The van der Waals surface area contributed by atoms with Crippen molar-refractivity contribution in [2.24, 2.45) is 0 Å². The number of carbonyl (C=O) groups is 1. The first-order valence-electron chi connectivity index (χ1n) is 5.78. The van der Waals surface area contributed by atoms with Crippen molar-refractivity contribution in [3.8, 4) is 0 Å². The smallest absolute Gasteiger partial charge is 0.237 e. The van der Waals surface area contributed by atoms with Crippen LogP contribution in [-0.4, -0.2) is 30.0 Å². The molecule has 1 amide bonds. The molecule has 1 aliphatic heterocycles. The highest BCUT2D eigenvalue weighted by Gasteiger charge is 2.22. The number of hydrogen-bond donors (Lipinski definition) is 2. The number of piperazine rings is 1. The highest BCUT2D eigenvalue weighted by atomic mass is 79.9. The number of amides is 1. The number of carbonyl (C=O) groups excluding carboxylic acids is 1. The number of thiazole rings is 1. The van der Waals surface area contributed by atoms with Gasteiger partial charge in [0.15, 0.2) is 0 Å². The molecule has 0 radical (unpaired) electrons. The van der Waals surface area contributed by atoms with Crippen LogP contribution in [0.5, 0.6) is 0 Å². The van der Waals surface area contributed by atoms with E-state index < -0.39 is 0 Å². The molecule has 1 unspecified atom stereocenters. The Balaban J connectivity index is 1.84. The van der Waals surface area contributed by atoms with Crippen molar-refractivity contribution in [2.45, 2.75) is 12.5 Å². The lowest BCUT2D eigenvalue weighted by Crippen LogP contribution is -2.53. The van der Waals surface area contributed by atoms with E-state index in [2.05, 4.69) is 37.6 Å². The van der Waals surface area contributed by atoms with Crippen molar-refractivity contribution in [2.75, 3.05) is 13.1 Å². The van der Waals surface area contributed by atoms with Crippen molar-refractivity contribution < 1.29 is 4.79 Å². The zero-order chi connectivity index (χ0) is 12.5. The first-order chi connectivity index (χ1) is 8.72. The highest BCUT2D eigenvalue weighted by Crippen LogP contribution is 2.26. The van der Waals surface area contributed by atoms with E-state index in [4.69, 9.17) is 0 Å². The van der Waals surface area contributed by atoms with Gasteiger partial charge in [0.2, 0.25) is 5.91 Å². The Morgan fingerprint density at radius 3 is 3.17 bits per heavy atom. The van der Waals surface area contributed by atoms with E-state index in [0.717, 1.165) is 26.2 Å². The van der Waals surface area contributed by atoms with Gasteiger partial charge in [-0.1, -0.05) is 15.9 Å². The Hall–Kier alpha value is -0.980. The van der Waals surface area contributed by atoms with E-state index >= 15 is 0 Å². The van der Waals surface area contributed by atoms with Crippen LogP contribution in [0.25, 0.3) is 10.2 Å². The minimum Gasteiger partial charge on any atom is -0.353 e. The van der Waals surface area contributed by atoms with Crippen molar-refractivity contribution in [3.05, 3.63) is 27.7 Å². The van der Waals surface area contributed by atoms with Crippen molar-refractivity contribution >= 4 is 43.4 Å². The Kier molecular flexibility index (Phi) is 3.32. The van der Waals surface area contributed by atoms with Gasteiger partial charge in [0.05, 0.1) is 21.3 Å². The molecule has 1 atom stereocenters. The van der Waals surface area contributed by atoms with Crippen molar-refractivity contribution in [3.63, 3.8) is 0 Å². The monoisotopic (exact) mass is 325 g/mol. The minimum atomic E-state index is -0.150. The molecule has 2 aromatic rings. The molecular weight excluding hydrogens is 314 g/mol. The number of hydrogen-bond acceptors (Lipinski definition) is 4. The summed E-state index contributed by atoms with van der Waals surface area (Å²) in [6, 6.07) is 5.89. The quantitative estimate of drug-likeness (QED) is 0.883. The molecule has 0 spiro atoms. The molecule has 1 aromatic carbocycles. The molecule has 4 nitrogen and oxygen atoms in total. The number of nitrogens with one attached hydrogen (secondary N) is 2. The van der Waals surface area contributed by atoms with Gasteiger partial charge in [-0.25, -0.2) is 4.98 Å². The number of rotatable bonds is 2. The van der Waals surface area contributed by atoms with Gasteiger partial charge in [0.25, 0.3) is 0 Å². The summed E-state index contributed by atoms with van der Waals surface area (Å²) in [6.07, 6.45) is 0.656. The summed E-state index contributed by atoms with van der Waals surface area (Å²) in [5, 5.41) is 7.08. The van der Waals surface area contributed by atoms with Crippen molar-refractivity contribution in [1.29, 1.82) is 0 Å². The molecule has 1 fully saturated rings. The summed E-state index contributed by atoms with van der Waals surface area (Å²) in [6.45, 7) is 1.54. The van der Waals surface area contributed by atoms with Gasteiger partial charge in [-0.15, -0.1) is 11.3 Å². The second-order valence-electron chi connectivity index (χ2n) is 4.22. The standard InChI is InChI=1S/C12H12BrN3OS/c13-7-1-2-8-10(5-7)18-11(16-8)6-9-12(17)15-4-3-14-9/h1-2,5,9,14H,3-4,6H2,(H,15,17). The molecule has 2 heterocycles. The maximum absolute atomic E-state index is 11.7. The number of aromatic nitrogens is 1. The Morgan fingerprint density at radius 1 is 1.44 bits per heavy atom. The average molecular weight is 326 g/mol. The van der Waals surface area contributed by atoms with E-state index in [9.17, 15) is 4.79 Å². The molecule has 2 N–H and O–H groups in total. The van der Waals surface area contributed by atoms with Crippen LogP contribution in [0.15, 0.2) is 22.7 Å². The lowest BCUT2D eigenvalue weighted by molar-refractivity contribution is -0.124. The normalized spacial score (nSPS) is 20.1. The van der Waals surface area contributed by atoms with Crippen LogP contribution in [0.2, 0.25) is 0 Å². The third-order valence-corrected chi connectivity index (χ3v) is 4.44. The van der Waals surface area contributed by atoms with Gasteiger partial charge in [0, 0.05) is 24.0 Å². The van der Waals surface area contributed by atoms with E-state index in [-0.39, 0.29) is 11.9 Å². The van der Waals surface area contributed by atoms with E-state index in [1.165, 1.54) is 0 Å². The number of nitrogens with zero attached hydrogens (tertiary/aromatic N) is 1. The zero-order valence-electron chi connectivity index (χ0n) is 9.57. The molecule has 6 heteroatoms. The third kappa shape index (κ3) is 2.41. The first kappa shape index (κ1) is 12.1. The highest BCUT2D eigenvalue weighted by molar-refractivity contribution is 9.10. The molecule has 94 valence electrons. The fourth-order valence-electron chi connectivity index (χ4n) is 2.02. The Labute approximate surface area is 117 Å². The second-order valence-corrected chi connectivity index (χ2v) is 6.25. The van der Waals surface area contributed by atoms with Crippen LogP contribution >= 0.6 is 27.3 Å². The van der Waals surface area contributed by atoms with Gasteiger partial charge in [-0.2, -0.15) is 0 Å². The molecule has 1 aromatic heterocycles. The van der Waals surface area contributed by atoms with Gasteiger partial charge in [-0.05, 0) is 18.2 Å². The van der Waals surface area contributed by atoms with Crippen LogP contribution in [0.3, 0.4) is 0 Å². The summed E-state index contributed by atoms with van der Waals surface area (Å²) in [5.74, 6) is 0.0710. The van der Waals surface area contributed by atoms with Crippen molar-refractivity contribution in [1.82, 2.24) is 15.6 Å². The Bertz CT molecular complexity index is 598. The molecule has 3 rings (SSSR count). The van der Waals surface area contributed by atoms with Crippen LogP contribution in [-0.2, 0) is 11.2 Å². The first-order valence-corrected chi connectivity index (χ1v) is 7.39. The van der Waals surface area contributed by atoms with Gasteiger partial charge >= 0.3 is 0 Å². The molecule has 1 aliphatic rings. The van der Waals surface area contributed by atoms with Crippen LogP contribution in [0.1, 0.15) is 5.01 Å². The summed E-state index contributed by atoms with van der Waals surface area (Å²) in [4.78, 5) is 16.2. The lowest BCUT2D eigenvalue weighted by atomic mass is 10.1.